The number of benzene rings is 1. The first-order valence-electron chi connectivity index (χ1n) is 9.92. The topological polar surface area (TPSA) is 36.4 Å². The van der Waals surface area contributed by atoms with Gasteiger partial charge in [-0.25, -0.2) is 4.39 Å². The van der Waals surface area contributed by atoms with Crippen molar-refractivity contribution in [2.75, 3.05) is 24.5 Å². The van der Waals surface area contributed by atoms with Crippen LogP contribution in [0.5, 0.6) is 0 Å². The fourth-order valence-electron chi connectivity index (χ4n) is 4.04. The maximum atomic E-state index is 15.1. The molecule has 1 amide bonds. The molecule has 1 fully saturated rings. The molecular weight excluding hydrogens is 409 g/mol. The summed E-state index contributed by atoms with van der Waals surface area (Å²) < 4.78 is 15.1. The molecule has 0 saturated carbocycles. The van der Waals surface area contributed by atoms with E-state index in [2.05, 4.69) is 11.9 Å². The lowest BCUT2D eigenvalue weighted by atomic mass is 10.0. The SMILES string of the molecule is CCCN(C(=O)c1cccs1)C1CCN(c2ccc3c(Cl)ccnc3c2F)CC1. The van der Waals surface area contributed by atoms with Crippen molar-refractivity contribution in [2.24, 2.45) is 0 Å². The number of carbonyl (C=O) groups is 1. The quantitative estimate of drug-likeness (QED) is 0.526. The average molecular weight is 432 g/mol. The Hall–Kier alpha value is -2.18. The molecule has 152 valence electrons. The molecule has 7 heteroatoms. The van der Waals surface area contributed by atoms with Gasteiger partial charge in [0.05, 0.1) is 15.6 Å². The smallest absolute Gasteiger partial charge is 0.264 e. The molecule has 4 rings (SSSR count). The van der Waals surface area contributed by atoms with Crippen molar-refractivity contribution in [1.29, 1.82) is 0 Å². The lowest BCUT2D eigenvalue weighted by Crippen LogP contribution is -2.47. The number of rotatable bonds is 5. The van der Waals surface area contributed by atoms with Crippen LogP contribution in [0.15, 0.2) is 41.9 Å². The van der Waals surface area contributed by atoms with Crippen LogP contribution in [0.4, 0.5) is 10.1 Å². The molecule has 1 aromatic carbocycles. The van der Waals surface area contributed by atoms with E-state index in [1.54, 1.807) is 12.1 Å². The number of nitrogens with zero attached hydrogens (tertiary/aromatic N) is 3. The van der Waals surface area contributed by atoms with Gasteiger partial charge < -0.3 is 9.80 Å². The predicted molar refractivity (Wildman–Crippen MR) is 118 cm³/mol. The second kappa shape index (κ2) is 8.67. The number of aromatic nitrogens is 1. The Balaban J connectivity index is 1.51. The highest BCUT2D eigenvalue weighted by atomic mass is 35.5. The third kappa shape index (κ3) is 3.96. The first-order valence-corrected chi connectivity index (χ1v) is 11.2. The van der Waals surface area contributed by atoms with Crippen molar-refractivity contribution < 1.29 is 9.18 Å². The Labute approximate surface area is 178 Å². The fraction of sp³-hybridized carbons (Fsp3) is 0.364. The summed E-state index contributed by atoms with van der Waals surface area (Å²) in [6.45, 7) is 4.23. The fourth-order valence-corrected chi connectivity index (χ4v) is 4.92. The third-order valence-electron chi connectivity index (χ3n) is 5.48. The van der Waals surface area contributed by atoms with Crippen LogP contribution in [0, 0.1) is 5.82 Å². The van der Waals surface area contributed by atoms with Crippen LogP contribution in [0.2, 0.25) is 5.02 Å². The van der Waals surface area contributed by atoms with Gasteiger partial charge in [0.1, 0.15) is 5.52 Å². The maximum absolute atomic E-state index is 15.1. The van der Waals surface area contributed by atoms with Crippen LogP contribution in [-0.4, -0.2) is 41.5 Å². The molecule has 29 heavy (non-hydrogen) atoms. The molecule has 1 saturated heterocycles. The summed E-state index contributed by atoms with van der Waals surface area (Å²) >= 11 is 7.65. The summed E-state index contributed by atoms with van der Waals surface area (Å²) in [6, 6.07) is 9.25. The van der Waals surface area contributed by atoms with Crippen LogP contribution >= 0.6 is 22.9 Å². The monoisotopic (exact) mass is 431 g/mol. The Morgan fingerprint density at radius 2 is 2.10 bits per heavy atom. The molecule has 0 N–H and O–H groups in total. The van der Waals surface area contributed by atoms with Gasteiger partial charge in [0.15, 0.2) is 5.82 Å². The molecule has 3 aromatic rings. The molecule has 4 nitrogen and oxygen atoms in total. The number of pyridine rings is 1. The molecule has 0 bridgehead atoms. The second-order valence-electron chi connectivity index (χ2n) is 7.28. The molecule has 0 unspecified atom stereocenters. The van der Waals surface area contributed by atoms with E-state index in [9.17, 15) is 4.79 Å². The van der Waals surface area contributed by atoms with Crippen LogP contribution in [0.1, 0.15) is 35.9 Å². The van der Waals surface area contributed by atoms with Crippen LogP contribution in [0.25, 0.3) is 10.9 Å². The van der Waals surface area contributed by atoms with Crippen molar-refractivity contribution >= 4 is 45.4 Å². The Bertz CT molecular complexity index is 1000. The van der Waals surface area contributed by atoms with Crippen molar-refractivity contribution in [2.45, 2.75) is 32.2 Å². The number of hydrogen-bond acceptors (Lipinski definition) is 4. The van der Waals surface area contributed by atoms with Crippen molar-refractivity contribution in [1.82, 2.24) is 9.88 Å². The number of halogens is 2. The zero-order valence-electron chi connectivity index (χ0n) is 16.3. The molecule has 3 heterocycles. The summed E-state index contributed by atoms with van der Waals surface area (Å²) in [6.07, 6.45) is 4.08. The van der Waals surface area contributed by atoms with E-state index < -0.39 is 0 Å². The molecule has 0 atom stereocenters. The number of thiophene rings is 1. The highest BCUT2D eigenvalue weighted by Gasteiger charge is 2.29. The number of hydrogen-bond donors (Lipinski definition) is 0. The van der Waals surface area contributed by atoms with E-state index in [-0.39, 0.29) is 17.8 Å². The van der Waals surface area contributed by atoms with Crippen LogP contribution in [0.3, 0.4) is 0 Å². The zero-order chi connectivity index (χ0) is 20.4. The normalized spacial score (nSPS) is 15.1. The molecule has 1 aliphatic rings. The first kappa shape index (κ1) is 20.1. The predicted octanol–water partition coefficient (Wildman–Crippen LogP) is 5.61. The van der Waals surface area contributed by atoms with Crippen molar-refractivity contribution in [3.8, 4) is 0 Å². The van der Waals surface area contributed by atoms with E-state index in [0.29, 0.717) is 34.7 Å². The summed E-state index contributed by atoms with van der Waals surface area (Å²) in [4.78, 5) is 21.9. The minimum absolute atomic E-state index is 0.107. The number of carbonyl (C=O) groups excluding carboxylic acids is 1. The van der Waals surface area contributed by atoms with Gasteiger partial charge in [-0.15, -0.1) is 11.3 Å². The Kier molecular flexibility index (Phi) is 6.01. The van der Waals surface area contributed by atoms with E-state index >= 15 is 4.39 Å². The highest BCUT2D eigenvalue weighted by molar-refractivity contribution is 7.12. The zero-order valence-corrected chi connectivity index (χ0v) is 17.8. The van der Waals surface area contributed by atoms with Crippen LogP contribution < -0.4 is 4.90 Å². The lowest BCUT2D eigenvalue weighted by Gasteiger charge is -2.39. The van der Waals surface area contributed by atoms with E-state index in [1.807, 2.05) is 33.4 Å². The standard InChI is InChI=1S/C22H23ClFN3OS/c1-2-11-27(22(28)19-4-3-14-29-19)15-8-12-26(13-9-15)18-6-5-16-17(23)7-10-25-21(16)20(18)24/h3-7,10,14-15H,2,8-9,11-13H2,1H3. The molecular formula is C22H23ClFN3OS. The minimum atomic E-state index is -0.330. The largest absolute Gasteiger partial charge is 0.369 e. The van der Waals surface area contributed by atoms with Gasteiger partial charge in [0, 0.05) is 37.3 Å². The summed E-state index contributed by atoms with van der Waals surface area (Å²) in [5, 5.41) is 3.06. The minimum Gasteiger partial charge on any atom is -0.369 e. The maximum Gasteiger partial charge on any atom is 0.264 e. The van der Waals surface area contributed by atoms with E-state index in [1.165, 1.54) is 17.5 Å². The lowest BCUT2D eigenvalue weighted by molar-refractivity contribution is 0.0655. The van der Waals surface area contributed by atoms with Gasteiger partial charge in [0.2, 0.25) is 0 Å². The van der Waals surface area contributed by atoms with Crippen molar-refractivity contribution in [3.63, 3.8) is 0 Å². The summed E-state index contributed by atoms with van der Waals surface area (Å²) in [5.41, 5.74) is 0.856. The van der Waals surface area contributed by atoms with Gasteiger partial charge in [-0.1, -0.05) is 24.6 Å². The van der Waals surface area contributed by atoms with Crippen molar-refractivity contribution in [3.05, 3.63) is 57.6 Å². The van der Waals surface area contributed by atoms with Gasteiger partial charge in [-0.3, -0.25) is 9.78 Å². The molecule has 0 radical (unpaired) electrons. The van der Waals surface area contributed by atoms with Gasteiger partial charge in [-0.2, -0.15) is 0 Å². The number of amides is 1. The Morgan fingerprint density at radius 1 is 1.31 bits per heavy atom. The first-order chi connectivity index (χ1) is 14.1. The average Bonchev–Trinajstić information content (AvgIpc) is 3.28. The molecule has 2 aromatic heterocycles. The second-order valence-corrected chi connectivity index (χ2v) is 8.64. The number of anilines is 1. The van der Waals surface area contributed by atoms with Gasteiger partial charge in [-0.05, 0) is 48.9 Å². The Morgan fingerprint density at radius 3 is 2.79 bits per heavy atom. The molecule has 1 aliphatic heterocycles. The number of piperidine rings is 1. The van der Waals surface area contributed by atoms with Gasteiger partial charge >= 0.3 is 0 Å². The third-order valence-corrected chi connectivity index (χ3v) is 6.67. The van der Waals surface area contributed by atoms with Crippen LogP contribution in [-0.2, 0) is 0 Å². The molecule has 0 spiro atoms. The van der Waals surface area contributed by atoms with E-state index in [0.717, 1.165) is 30.7 Å². The summed E-state index contributed by atoms with van der Waals surface area (Å²) in [7, 11) is 0. The van der Waals surface area contributed by atoms with Gasteiger partial charge in [0.25, 0.3) is 5.91 Å². The number of fused-ring (bicyclic) bond motifs is 1. The highest BCUT2D eigenvalue weighted by Crippen LogP contribution is 2.32. The summed E-state index contributed by atoms with van der Waals surface area (Å²) in [5.74, 6) is -0.223. The van der Waals surface area contributed by atoms with E-state index in [4.69, 9.17) is 11.6 Å². The molecule has 0 aliphatic carbocycles.